The number of aromatic nitrogens is 2. The van der Waals surface area contributed by atoms with E-state index in [1.165, 1.54) is 4.31 Å². The molecule has 2 aromatic rings. The van der Waals surface area contributed by atoms with Crippen molar-refractivity contribution in [2.45, 2.75) is 38.1 Å². The van der Waals surface area contributed by atoms with Gasteiger partial charge >= 0.3 is 0 Å². The van der Waals surface area contributed by atoms with Crippen LogP contribution in [-0.2, 0) is 23.6 Å². The van der Waals surface area contributed by atoms with Crippen LogP contribution in [0.5, 0.6) is 0 Å². The van der Waals surface area contributed by atoms with Gasteiger partial charge in [-0.05, 0) is 30.5 Å². The molecule has 0 unspecified atom stereocenters. The van der Waals surface area contributed by atoms with Crippen molar-refractivity contribution in [3.05, 3.63) is 47.3 Å². The third kappa shape index (κ3) is 3.23. The van der Waals surface area contributed by atoms with Crippen molar-refractivity contribution < 1.29 is 8.42 Å². The van der Waals surface area contributed by atoms with E-state index < -0.39 is 10.0 Å². The fraction of sp³-hybridized carbons (Fsp3) is 0.438. The van der Waals surface area contributed by atoms with Gasteiger partial charge in [-0.2, -0.15) is 9.40 Å². The molecule has 22 heavy (non-hydrogen) atoms. The highest BCUT2D eigenvalue weighted by Crippen LogP contribution is 2.21. The Bertz CT molecular complexity index is 746. The van der Waals surface area contributed by atoms with Crippen LogP contribution in [0.4, 0.5) is 0 Å². The second-order valence-electron chi connectivity index (χ2n) is 5.86. The summed E-state index contributed by atoms with van der Waals surface area (Å²) >= 11 is 0. The summed E-state index contributed by atoms with van der Waals surface area (Å²) < 4.78 is 28.4. The third-order valence-corrected chi connectivity index (χ3v) is 5.80. The number of rotatable bonds is 5. The quantitative estimate of drug-likeness (QED) is 0.851. The van der Waals surface area contributed by atoms with Crippen molar-refractivity contribution in [1.82, 2.24) is 14.1 Å². The fourth-order valence-corrected chi connectivity index (χ4v) is 3.38. The number of nitrogens with zero attached hydrogens (tertiary/aromatic N) is 3. The van der Waals surface area contributed by atoms with Gasteiger partial charge in [-0.3, -0.25) is 4.68 Å². The molecular weight excluding hydrogens is 298 g/mol. The summed E-state index contributed by atoms with van der Waals surface area (Å²) in [7, 11) is -0.0503. The van der Waals surface area contributed by atoms with E-state index in [1.54, 1.807) is 30.1 Å². The summed E-state index contributed by atoms with van der Waals surface area (Å²) in [6.45, 7) is 6.41. The van der Waals surface area contributed by atoms with E-state index in [-0.39, 0.29) is 0 Å². The van der Waals surface area contributed by atoms with Gasteiger partial charge in [0.2, 0.25) is 10.0 Å². The number of hydrogen-bond acceptors (Lipinski definition) is 3. The number of sulfonamides is 1. The minimum absolute atomic E-state index is 0.313. The fourth-order valence-electron chi connectivity index (χ4n) is 2.23. The molecule has 0 aliphatic carbocycles. The Balaban J connectivity index is 2.23. The van der Waals surface area contributed by atoms with E-state index in [4.69, 9.17) is 0 Å². The maximum absolute atomic E-state index is 12.6. The van der Waals surface area contributed by atoms with Crippen LogP contribution in [0.1, 0.15) is 36.6 Å². The van der Waals surface area contributed by atoms with Crippen molar-refractivity contribution in [2.75, 3.05) is 7.05 Å². The molecule has 5 nitrogen and oxygen atoms in total. The first-order valence-electron chi connectivity index (χ1n) is 7.27. The lowest BCUT2D eigenvalue weighted by Gasteiger charge is -2.17. The molecule has 0 saturated carbocycles. The molecule has 0 aliphatic rings. The highest BCUT2D eigenvalue weighted by Gasteiger charge is 2.22. The molecule has 0 radical (unpaired) electrons. The maximum Gasteiger partial charge on any atom is 0.243 e. The van der Waals surface area contributed by atoms with Crippen LogP contribution in [0.15, 0.2) is 35.4 Å². The van der Waals surface area contributed by atoms with Crippen molar-refractivity contribution in [3.8, 4) is 0 Å². The maximum atomic E-state index is 12.6. The molecule has 1 aromatic heterocycles. The van der Waals surface area contributed by atoms with Crippen LogP contribution in [0.2, 0.25) is 0 Å². The predicted octanol–water partition coefficient (Wildman–Crippen LogP) is 2.67. The first-order valence-corrected chi connectivity index (χ1v) is 8.71. The topological polar surface area (TPSA) is 55.2 Å². The van der Waals surface area contributed by atoms with Gasteiger partial charge in [-0.1, -0.05) is 26.0 Å². The third-order valence-electron chi connectivity index (χ3n) is 3.98. The second-order valence-corrected chi connectivity index (χ2v) is 7.91. The Morgan fingerprint density at radius 2 is 1.82 bits per heavy atom. The highest BCUT2D eigenvalue weighted by atomic mass is 32.2. The van der Waals surface area contributed by atoms with Gasteiger partial charge in [0.05, 0.1) is 11.1 Å². The molecular formula is C16H23N3O2S. The smallest absolute Gasteiger partial charge is 0.243 e. The lowest BCUT2D eigenvalue weighted by Crippen LogP contribution is -2.26. The summed E-state index contributed by atoms with van der Waals surface area (Å²) in [4.78, 5) is 0.320. The van der Waals surface area contributed by atoms with Crippen LogP contribution in [0.25, 0.3) is 0 Å². The van der Waals surface area contributed by atoms with Gasteiger partial charge in [0, 0.05) is 31.9 Å². The minimum atomic E-state index is -3.49. The monoisotopic (exact) mass is 321 g/mol. The van der Waals surface area contributed by atoms with Crippen LogP contribution in [0, 0.1) is 6.92 Å². The molecule has 0 atom stereocenters. The second kappa shape index (κ2) is 6.22. The molecule has 0 aliphatic heterocycles. The lowest BCUT2D eigenvalue weighted by molar-refractivity contribution is 0.465. The minimum Gasteiger partial charge on any atom is -0.273 e. The van der Waals surface area contributed by atoms with Crippen molar-refractivity contribution >= 4 is 10.0 Å². The molecule has 2 rings (SSSR count). The molecule has 6 heteroatoms. The van der Waals surface area contributed by atoms with Crippen LogP contribution >= 0.6 is 0 Å². The van der Waals surface area contributed by atoms with Gasteiger partial charge in [0.25, 0.3) is 0 Å². The normalized spacial score (nSPS) is 12.3. The Morgan fingerprint density at radius 3 is 2.27 bits per heavy atom. The van der Waals surface area contributed by atoms with Gasteiger partial charge < -0.3 is 0 Å². The summed E-state index contributed by atoms with van der Waals surface area (Å²) in [5.41, 5.74) is 3.01. The van der Waals surface area contributed by atoms with E-state index in [0.29, 0.717) is 17.4 Å². The Morgan fingerprint density at radius 1 is 1.23 bits per heavy atom. The highest BCUT2D eigenvalue weighted by molar-refractivity contribution is 7.89. The molecule has 0 bridgehead atoms. The molecule has 0 N–H and O–H groups in total. The van der Waals surface area contributed by atoms with E-state index >= 15 is 0 Å². The summed E-state index contributed by atoms with van der Waals surface area (Å²) in [5.74, 6) is 0.382. The van der Waals surface area contributed by atoms with E-state index in [0.717, 1.165) is 16.8 Å². The zero-order valence-electron chi connectivity index (χ0n) is 13.7. The zero-order chi connectivity index (χ0) is 16.5. The van der Waals surface area contributed by atoms with Crippen molar-refractivity contribution in [2.24, 2.45) is 7.05 Å². The number of hydrogen-bond donors (Lipinski definition) is 0. The van der Waals surface area contributed by atoms with Crippen molar-refractivity contribution in [1.29, 1.82) is 0 Å². The summed E-state index contributed by atoms with van der Waals surface area (Å²) in [5, 5.41) is 4.15. The molecule has 0 spiro atoms. The SMILES string of the molecule is Cc1c(CN(C)S(=O)(=O)c2ccc(C(C)C)cc2)cnn1C. The van der Waals surface area contributed by atoms with E-state index in [9.17, 15) is 8.42 Å². The molecule has 0 fully saturated rings. The Labute approximate surface area is 132 Å². The predicted molar refractivity (Wildman–Crippen MR) is 87.1 cm³/mol. The van der Waals surface area contributed by atoms with Crippen LogP contribution in [0.3, 0.4) is 0 Å². The van der Waals surface area contributed by atoms with E-state index in [1.807, 2.05) is 26.1 Å². The Hall–Kier alpha value is -1.66. The number of aryl methyl sites for hydroxylation is 1. The van der Waals surface area contributed by atoms with E-state index in [2.05, 4.69) is 18.9 Å². The standard InChI is InChI=1S/C16H23N3O2S/c1-12(2)14-6-8-16(9-7-14)22(20,21)18(4)11-15-10-17-19(5)13(15)3/h6-10,12H,11H2,1-5H3. The first-order chi connectivity index (χ1) is 10.2. The molecule has 120 valence electrons. The summed E-state index contributed by atoms with van der Waals surface area (Å²) in [6.07, 6.45) is 1.71. The zero-order valence-corrected chi connectivity index (χ0v) is 14.6. The lowest BCUT2D eigenvalue weighted by atomic mass is 10.0. The number of benzene rings is 1. The van der Waals surface area contributed by atoms with Crippen LogP contribution < -0.4 is 0 Å². The summed E-state index contributed by atoms with van der Waals surface area (Å²) in [6, 6.07) is 7.11. The molecule has 0 saturated heterocycles. The molecule has 1 aromatic carbocycles. The molecule has 1 heterocycles. The molecule has 0 amide bonds. The Kier molecular flexibility index (Phi) is 4.72. The average Bonchev–Trinajstić information content (AvgIpc) is 2.79. The van der Waals surface area contributed by atoms with Gasteiger partial charge in [0.1, 0.15) is 0 Å². The van der Waals surface area contributed by atoms with Crippen molar-refractivity contribution in [3.63, 3.8) is 0 Å². The average molecular weight is 321 g/mol. The van der Waals surface area contributed by atoms with Gasteiger partial charge in [-0.25, -0.2) is 8.42 Å². The van der Waals surface area contributed by atoms with Crippen LogP contribution in [-0.4, -0.2) is 29.6 Å². The largest absolute Gasteiger partial charge is 0.273 e. The first kappa shape index (κ1) is 16.7. The van der Waals surface area contributed by atoms with Gasteiger partial charge in [0.15, 0.2) is 0 Å². The van der Waals surface area contributed by atoms with Gasteiger partial charge in [-0.15, -0.1) is 0 Å².